The number of ether oxygens (including phenoxy) is 2. The van der Waals surface area contributed by atoms with Gasteiger partial charge in [0, 0.05) is 23.1 Å². The van der Waals surface area contributed by atoms with Crippen LogP contribution in [0.2, 0.25) is 0 Å². The van der Waals surface area contributed by atoms with Gasteiger partial charge < -0.3 is 29.9 Å². The number of hydrogen-bond acceptors (Lipinski definition) is 6. The van der Waals surface area contributed by atoms with Crippen molar-refractivity contribution in [3.05, 3.63) is 142 Å². The number of benzene rings is 4. The summed E-state index contributed by atoms with van der Waals surface area (Å²) in [5.74, 6) is -0.226. The number of carbonyl (C=O) groups is 2. The molecule has 0 saturated heterocycles. The third kappa shape index (κ3) is 9.93. The largest absolute Gasteiger partial charge is 0.573 e. The fourth-order valence-electron chi connectivity index (χ4n) is 8.73. The second kappa shape index (κ2) is 17.8. The fraction of sp³-hybridized carbons (Fsp3) is 0.404. The number of methoxy groups -OCH3 is 1. The number of urea groups is 1. The first-order valence-corrected chi connectivity index (χ1v) is 19.9. The van der Waals surface area contributed by atoms with Crippen LogP contribution in [0.5, 0.6) is 11.5 Å². The van der Waals surface area contributed by atoms with Gasteiger partial charge in [0.15, 0.2) is 5.78 Å². The number of ketones is 1. The molecular formula is C47H53F3N2O6. The first-order chi connectivity index (χ1) is 27.6. The van der Waals surface area contributed by atoms with E-state index < -0.39 is 29.5 Å². The minimum Gasteiger partial charge on any atom is -0.497 e. The van der Waals surface area contributed by atoms with Crippen LogP contribution in [0.1, 0.15) is 109 Å². The molecule has 0 aromatic heterocycles. The third-order valence-electron chi connectivity index (χ3n) is 12.2. The molecule has 0 radical (unpaired) electrons. The molecule has 2 bridgehead atoms. The van der Waals surface area contributed by atoms with Gasteiger partial charge in [0.05, 0.1) is 31.4 Å². The van der Waals surface area contributed by atoms with E-state index in [0.717, 1.165) is 22.3 Å². The Hall–Kier alpha value is -5.13. The van der Waals surface area contributed by atoms with Crippen molar-refractivity contribution in [1.82, 2.24) is 10.2 Å². The Morgan fingerprint density at radius 1 is 0.948 bits per heavy atom. The molecular weight excluding hydrogens is 746 g/mol. The van der Waals surface area contributed by atoms with E-state index in [1.807, 2.05) is 69.3 Å². The van der Waals surface area contributed by atoms with Gasteiger partial charge in [-0.15, -0.1) is 13.2 Å². The number of nitrogens with zero attached hydrogens (tertiary/aromatic N) is 1. The Labute approximate surface area is 338 Å². The predicted molar refractivity (Wildman–Crippen MR) is 217 cm³/mol. The minimum atomic E-state index is -4.85. The maximum Gasteiger partial charge on any atom is 0.573 e. The van der Waals surface area contributed by atoms with Crippen LogP contribution in [0.3, 0.4) is 0 Å². The van der Waals surface area contributed by atoms with Crippen molar-refractivity contribution in [1.29, 1.82) is 0 Å². The van der Waals surface area contributed by atoms with Crippen molar-refractivity contribution >= 4 is 11.8 Å². The molecule has 5 unspecified atom stereocenters. The van der Waals surface area contributed by atoms with Crippen LogP contribution in [0, 0.1) is 5.41 Å². The van der Waals surface area contributed by atoms with Crippen LogP contribution in [0.25, 0.3) is 0 Å². The van der Waals surface area contributed by atoms with E-state index in [9.17, 15) is 33.0 Å². The number of nitrogens with one attached hydrogen (secondary N) is 1. The zero-order chi connectivity index (χ0) is 41.7. The Kier molecular flexibility index (Phi) is 13.0. The van der Waals surface area contributed by atoms with E-state index in [1.54, 1.807) is 31.4 Å². The topological polar surface area (TPSA) is 108 Å². The average Bonchev–Trinajstić information content (AvgIpc) is 3.45. The predicted octanol–water partition coefficient (Wildman–Crippen LogP) is 9.84. The summed E-state index contributed by atoms with van der Waals surface area (Å²) in [6.45, 7) is 5.88. The maximum absolute atomic E-state index is 14.5. The van der Waals surface area contributed by atoms with Crippen molar-refractivity contribution in [2.45, 2.75) is 102 Å². The molecule has 0 spiro atoms. The molecule has 8 nitrogen and oxygen atoms in total. The van der Waals surface area contributed by atoms with Crippen LogP contribution >= 0.6 is 0 Å². The van der Waals surface area contributed by atoms with Gasteiger partial charge in [0.25, 0.3) is 0 Å². The summed E-state index contributed by atoms with van der Waals surface area (Å²) >= 11 is 0. The number of amides is 2. The second-order valence-corrected chi connectivity index (χ2v) is 16.1. The molecule has 1 fully saturated rings. The number of aliphatic hydroxyl groups excluding tert-OH is 1. The Balaban J connectivity index is 1.39. The molecule has 1 saturated carbocycles. The third-order valence-corrected chi connectivity index (χ3v) is 12.2. The van der Waals surface area contributed by atoms with Gasteiger partial charge in [-0.05, 0) is 129 Å². The summed E-state index contributed by atoms with van der Waals surface area (Å²) in [7, 11) is 1.56. The zero-order valence-electron chi connectivity index (χ0n) is 33.5. The normalized spacial score (nSPS) is 22.9. The lowest BCUT2D eigenvalue weighted by Crippen LogP contribution is -2.55. The number of rotatable bonds is 10. The molecule has 0 aliphatic heterocycles. The summed E-state index contributed by atoms with van der Waals surface area (Å²) < 4.78 is 48.3. The zero-order valence-corrected chi connectivity index (χ0v) is 33.5. The van der Waals surface area contributed by atoms with Crippen LogP contribution in [-0.2, 0) is 13.0 Å². The van der Waals surface area contributed by atoms with Gasteiger partial charge in [-0.1, -0.05) is 73.2 Å². The van der Waals surface area contributed by atoms with Gasteiger partial charge >= 0.3 is 12.4 Å². The van der Waals surface area contributed by atoms with Gasteiger partial charge in [0.2, 0.25) is 0 Å². The number of alkyl halides is 3. The highest BCUT2D eigenvalue weighted by atomic mass is 19.4. The van der Waals surface area contributed by atoms with Crippen LogP contribution in [-0.4, -0.2) is 58.6 Å². The molecule has 308 valence electrons. The number of allylic oxidation sites excluding steroid dienone is 2. The minimum absolute atomic E-state index is 0.0000621. The number of carbonyl (C=O) groups excluding carboxylic acids is 2. The number of fused-ring (bicyclic) bond motifs is 8. The van der Waals surface area contributed by atoms with E-state index in [-0.39, 0.29) is 36.6 Å². The van der Waals surface area contributed by atoms with E-state index in [4.69, 9.17) is 4.74 Å². The van der Waals surface area contributed by atoms with Crippen LogP contribution in [0.4, 0.5) is 18.0 Å². The summed E-state index contributed by atoms with van der Waals surface area (Å²) in [6.07, 6.45) is 0.367. The van der Waals surface area contributed by atoms with Gasteiger partial charge in [-0.2, -0.15) is 0 Å². The summed E-state index contributed by atoms with van der Waals surface area (Å²) in [5.41, 5.74) is 2.90. The van der Waals surface area contributed by atoms with Gasteiger partial charge in [-0.3, -0.25) is 4.79 Å². The Bertz CT molecular complexity index is 2070. The highest BCUT2D eigenvalue weighted by Gasteiger charge is 2.57. The highest BCUT2D eigenvalue weighted by Crippen LogP contribution is 2.59. The molecule has 3 N–H and O–H groups in total. The summed E-state index contributed by atoms with van der Waals surface area (Å²) in [6, 6.07) is 26.8. The van der Waals surface area contributed by atoms with E-state index in [0.29, 0.717) is 67.4 Å². The monoisotopic (exact) mass is 798 g/mol. The van der Waals surface area contributed by atoms with Crippen molar-refractivity contribution in [3.8, 4) is 11.5 Å². The Morgan fingerprint density at radius 2 is 1.64 bits per heavy atom. The van der Waals surface area contributed by atoms with E-state index in [1.165, 1.54) is 29.2 Å². The quantitative estimate of drug-likeness (QED) is 0.109. The standard InChI is InChI=1S/C47H53F3N2O6/c1-31-9-8-25-45(3)42(40-23-15-34(27-37(53)18-12-31)28-41(40)43(54)36-16-21-38(57-4)22-17-36)24-26-46(45,56)30-52(44(55)51-32(2)35-10-6-5-7-11-35)29-33-13-19-39(20-14-33)58-47(48,49)50/h5-7,9-11,13-17,19-23,28,32,37,42,53,56H,8,12,18,24-27,29-30H2,1-4H3,(H,51,55). The lowest BCUT2D eigenvalue weighted by atomic mass is 9.64. The summed E-state index contributed by atoms with van der Waals surface area (Å²) in [4.78, 5) is 30.3. The van der Waals surface area contributed by atoms with Crippen LogP contribution < -0.4 is 14.8 Å². The lowest BCUT2D eigenvalue weighted by molar-refractivity contribution is -0.274. The molecule has 3 aliphatic rings. The molecule has 58 heavy (non-hydrogen) atoms. The highest BCUT2D eigenvalue weighted by molar-refractivity contribution is 6.10. The molecule has 2 amide bonds. The molecule has 7 rings (SSSR count). The first-order valence-electron chi connectivity index (χ1n) is 19.9. The average molecular weight is 799 g/mol. The lowest BCUT2D eigenvalue weighted by Gasteiger charge is -2.46. The maximum atomic E-state index is 14.5. The van der Waals surface area contributed by atoms with Crippen molar-refractivity contribution in [2.24, 2.45) is 5.41 Å². The number of aliphatic hydroxyl groups is 2. The molecule has 3 aliphatic carbocycles. The second-order valence-electron chi connectivity index (χ2n) is 16.1. The molecule has 4 aromatic carbocycles. The number of halogens is 3. The van der Waals surface area contributed by atoms with E-state index >= 15 is 0 Å². The van der Waals surface area contributed by atoms with Crippen LogP contribution in [0.15, 0.2) is 109 Å². The molecule has 11 heteroatoms. The number of hydrogen-bond donors (Lipinski definition) is 3. The fourth-order valence-corrected chi connectivity index (χ4v) is 8.73. The van der Waals surface area contributed by atoms with Crippen molar-refractivity contribution < 1.29 is 42.4 Å². The van der Waals surface area contributed by atoms with E-state index in [2.05, 4.69) is 16.1 Å². The van der Waals surface area contributed by atoms with Gasteiger partial charge in [0.1, 0.15) is 11.5 Å². The smallest absolute Gasteiger partial charge is 0.497 e. The van der Waals surface area contributed by atoms with Gasteiger partial charge in [-0.25, -0.2) is 4.79 Å². The Morgan fingerprint density at radius 3 is 2.31 bits per heavy atom. The molecule has 0 heterocycles. The summed E-state index contributed by atoms with van der Waals surface area (Å²) in [5, 5.41) is 27.2. The van der Waals surface area contributed by atoms with Crippen molar-refractivity contribution in [2.75, 3.05) is 13.7 Å². The molecule has 5 atom stereocenters. The SMILES string of the molecule is COc1ccc(C(=O)c2cc3ccc2C2CCC(O)(CN(Cc4ccc(OC(F)(F)F)cc4)C(=O)NC(C)c4ccccc4)C2(C)CCC=C(C)CCC(O)C3)cc1. The van der Waals surface area contributed by atoms with Crippen molar-refractivity contribution in [3.63, 3.8) is 0 Å². The first kappa shape index (κ1) is 42.5. The molecule has 4 aromatic rings.